The van der Waals surface area contributed by atoms with Crippen molar-refractivity contribution in [3.05, 3.63) is 59.7 Å². The lowest BCUT2D eigenvalue weighted by Crippen LogP contribution is -2.23. The fourth-order valence-corrected chi connectivity index (χ4v) is 3.10. The first-order chi connectivity index (χ1) is 12.3. The molecule has 2 aromatic rings. The maximum atomic E-state index is 12.2. The topological polar surface area (TPSA) is 58.2 Å². The molecule has 0 fully saturated rings. The quantitative estimate of drug-likeness (QED) is 0.738. The van der Waals surface area contributed by atoms with Crippen LogP contribution < -0.4 is 10.6 Å². The van der Waals surface area contributed by atoms with E-state index in [4.69, 9.17) is 0 Å². The zero-order valence-corrected chi connectivity index (χ0v) is 16.6. The van der Waals surface area contributed by atoms with Crippen LogP contribution in [0.4, 0.5) is 5.69 Å². The highest BCUT2D eigenvalue weighted by atomic mass is 32.2. The third-order valence-corrected chi connectivity index (χ3v) is 4.85. The van der Waals surface area contributed by atoms with Crippen molar-refractivity contribution < 1.29 is 9.59 Å². The normalized spacial score (nSPS) is 11.1. The highest BCUT2D eigenvalue weighted by molar-refractivity contribution is 8.00. The number of carbonyl (C=O) groups excluding carboxylic acids is 2. The summed E-state index contributed by atoms with van der Waals surface area (Å²) in [6.07, 6.45) is 0. The van der Waals surface area contributed by atoms with Crippen LogP contribution in [0.1, 0.15) is 43.6 Å². The zero-order chi connectivity index (χ0) is 19.2. The Morgan fingerprint density at radius 1 is 1.04 bits per heavy atom. The zero-order valence-electron chi connectivity index (χ0n) is 15.8. The molecule has 2 aromatic carbocycles. The fourth-order valence-electron chi connectivity index (χ4n) is 2.40. The first-order valence-electron chi connectivity index (χ1n) is 8.71. The molecule has 5 heteroatoms. The molecular weight excluding hydrogens is 344 g/mol. The summed E-state index contributed by atoms with van der Waals surface area (Å²) in [6, 6.07) is 15.3. The lowest BCUT2D eigenvalue weighted by atomic mass is 9.87. The molecule has 4 nitrogen and oxygen atoms in total. The van der Waals surface area contributed by atoms with E-state index in [0.29, 0.717) is 23.5 Å². The van der Waals surface area contributed by atoms with E-state index in [-0.39, 0.29) is 17.2 Å². The summed E-state index contributed by atoms with van der Waals surface area (Å²) in [5.74, 6) is 0.0834. The molecule has 0 spiro atoms. The summed E-state index contributed by atoms with van der Waals surface area (Å²) in [6.45, 7) is 8.97. The minimum atomic E-state index is -0.142. The van der Waals surface area contributed by atoms with Gasteiger partial charge in [-0.3, -0.25) is 9.59 Å². The molecule has 26 heavy (non-hydrogen) atoms. The van der Waals surface area contributed by atoms with Crippen LogP contribution in [0.5, 0.6) is 0 Å². The second-order valence-electron chi connectivity index (χ2n) is 7.05. The Kier molecular flexibility index (Phi) is 6.86. The van der Waals surface area contributed by atoms with Crippen molar-refractivity contribution in [1.82, 2.24) is 5.32 Å². The molecule has 2 N–H and O–H groups in total. The summed E-state index contributed by atoms with van der Waals surface area (Å²) in [5, 5.41) is 5.59. The summed E-state index contributed by atoms with van der Waals surface area (Å²) in [5.41, 5.74) is 2.56. The van der Waals surface area contributed by atoms with Crippen molar-refractivity contribution >= 4 is 29.3 Å². The molecule has 0 saturated heterocycles. The average Bonchev–Trinajstić information content (AvgIpc) is 2.60. The van der Waals surface area contributed by atoms with E-state index in [1.807, 2.05) is 19.1 Å². The molecule has 0 unspecified atom stereocenters. The van der Waals surface area contributed by atoms with Crippen LogP contribution in [0.15, 0.2) is 53.4 Å². The molecule has 0 atom stereocenters. The van der Waals surface area contributed by atoms with Gasteiger partial charge < -0.3 is 10.6 Å². The van der Waals surface area contributed by atoms with E-state index >= 15 is 0 Å². The van der Waals surface area contributed by atoms with Crippen molar-refractivity contribution in [2.24, 2.45) is 0 Å². The number of thioether (sulfide) groups is 1. The maximum Gasteiger partial charge on any atom is 0.251 e. The number of carbonyl (C=O) groups is 2. The first kappa shape index (κ1) is 20.0. The Labute approximate surface area is 159 Å². The number of rotatable bonds is 6. The largest absolute Gasteiger partial charge is 0.352 e. The van der Waals surface area contributed by atoms with Crippen LogP contribution in [0.25, 0.3) is 0 Å². The highest BCUT2D eigenvalue weighted by Crippen LogP contribution is 2.25. The molecule has 0 aliphatic heterocycles. The van der Waals surface area contributed by atoms with Crippen LogP contribution in [-0.2, 0) is 10.2 Å². The molecule has 0 bridgehead atoms. The minimum absolute atomic E-state index is 0.0945. The third-order valence-electron chi connectivity index (χ3n) is 3.84. The minimum Gasteiger partial charge on any atom is -0.352 e. The molecule has 0 aliphatic rings. The summed E-state index contributed by atoms with van der Waals surface area (Å²) in [4.78, 5) is 25.1. The van der Waals surface area contributed by atoms with Gasteiger partial charge in [-0.2, -0.15) is 0 Å². The Morgan fingerprint density at radius 3 is 2.35 bits per heavy atom. The Hall–Kier alpha value is -2.27. The molecule has 2 rings (SSSR count). The Balaban J connectivity index is 1.91. The second kappa shape index (κ2) is 8.90. The summed E-state index contributed by atoms with van der Waals surface area (Å²) >= 11 is 1.49. The van der Waals surface area contributed by atoms with Gasteiger partial charge in [0.2, 0.25) is 5.91 Å². The number of nitrogens with one attached hydrogen (secondary N) is 2. The number of hydrogen-bond donors (Lipinski definition) is 2. The van der Waals surface area contributed by atoms with Crippen LogP contribution >= 0.6 is 11.8 Å². The van der Waals surface area contributed by atoms with Gasteiger partial charge in [-0.05, 0) is 48.2 Å². The van der Waals surface area contributed by atoms with Crippen LogP contribution in [0.2, 0.25) is 0 Å². The molecule has 0 heterocycles. The van der Waals surface area contributed by atoms with Crippen LogP contribution in [-0.4, -0.2) is 24.1 Å². The molecule has 138 valence electrons. The van der Waals surface area contributed by atoms with E-state index in [1.165, 1.54) is 17.3 Å². The summed E-state index contributed by atoms with van der Waals surface area (Å²) in [7, 11) is 0. The smallest absolute Gasteiger partial charge is 0.251 e. The van der Waals surface area contributed by atoms with Gasteiger partial charge in [0.25, 0.3) is 5.91 Å². The van der Waals surface area contributed by atoms with Crippen LogP contribution in [0, 0.1) is 0 Å². The van der Waals surface area contributed by atoms with Crippen molar-refractivity contribution in [3.8, 4) is 0 Å². The predicted octanol–water partition coefficient (Wildman–Crippen LogP) is 4.46. The van der Waals surface area contributed by atoms with Crippen molar-refractivity contribution in [2.75, 3.05) is 17.6 Å². The van der Waals surface area contributed by atoms with E-state index in [0.717, 1.165) is 4.90 Å². The highest BCUT2D eigenvalue weighted by Gasteiger charge is 2.13. The molecular formula is C21H26N2O2S. The van der Waals surface area contributed by atoms with Gasteiger partial charge in [0.15, 0.2) is 0 Å². The number of amides is 2. The van der Waals surface area contributed by atoms with Crippen LogP contribution in [0.3, 0.4) is 0 Å². The van der Waals surface area contributed by atoms with Crippen molar-refractivity contribution in [2.45, 2.75) is 38.0 Å². The maximum absolute atomic E-state index is 12.2. The number of anilines is 1. The number of benzene rings is 2. The van der Waals surface area contributed by atoms with Crippen molar-refractivity contribution in [3.63, 3.8) is 0 Å². The van der Waals surface area contributed by atoms with Gasteiger partial charge in [-0.1, -0.05) is 39.0 Å². The first-order valence-corrected chi connectivity index (χ1v) is 9.69. The van der Waals surface area contributed by atoms with E-state index in [1.54, 1.807) is 24.3 Å². The SMILES string of the molecule is CCNC(=O)c1cccc(NC(=O)CSc2ccc(C(C)(C)C)cc2)c1. The lowest BCUT2D eigenvalue weighted by molar-refractivity contribution is -0.113. The van der Waals surface area contributed by atoms with E-state index in [2.05, 4.69) is 43.5 Å². The Bertz CT molecular complexity index is 764. The standard InChI is InChI=1S/C21H26N2O2S/c1-5-22-20(25)15-7-6-8-17(13-15)23-19(24)14-26-18-11-9-16(10-12-18)21(2,3)4/h6-13H,5,14H2,1-4H3,(H,22,25)(H,23,24). The van der Waals surface area contributed by atoms with Gasteiger partial charge in [0.05, 0.1) is 5.75 Å². The van der Waals surface area contributed by atoms with Gasteiger partial charge in [0.1, 0.15) is 0 Å². The molecule has 2 amide bonds. The Morgan fingerprint density at radius 2 is 1.73 bits per heavy atom. The molecule has 0 aliphatic carbocycles. The monoisotopic (exact) mass is 370 g/mol. The molecule has 0 saturated carbocycles. The van der Waals surface area contributed by atoms with Gasteiger partial charge in [-0.25, -0.2) is 0 Å². The summed E-state index contributed by atoms with van der Waals surface area (Å²) < 4.78 is 0. The second-order valence-corrected chi connectivity index (χ2v) is 8.10. The van der Waals surface area contributed by atoms with E-state index < -0.39 is 0 Å². The van der Waals surface area contributed by atoms with Crippen molar-refractivity contribution in [1.29, 1.82) is 0 Å². The van der Waals surface area contributed by atoms with Gasteiger partial charge in [-0.15, -0.1) is 11.8 Å². The average molecular weight is 371 g/mol. The van der Waals surface area contributed by atoms with Gasteiger partial charge >= 0.3 is 0 Å². The number of hydrogen-bond acceptors (Lipinski definition) is 3. The molecule has 0 radical (unpaired) electrons. The third kappa shape index (κ3) is 5.92. The fraction of sp³-hybridized carbons (Fsp3) is 0.333. The lowest BCUT2D eigenvalue weighted by Gasteiger charge is -2.19. The van der Waals surface area contributed by atoms with Gasteiger partial charge in [0, 0.05) is 22.7 Å². The molecule has 0 aromatic heterocycles. The van der Waals surface area contributed by atoms with E-state index in [9.17, 15) is 9.59 Å². The predicted molar refractivity (Wildman–Crippen MR) is 109 cm³/mol.